The molecule has 0 N–H and O–H groups in total. The van der Waals surface area contributed by atoms with Crippen molar-refractivity contribution >= 4 is 38.9 Å². The molecule has 5 rings (SSSR count). The number of nitrogens with zero attached hydrogens (tertiary/aromatic N) is 2. The Morgan fingerprint density at radius 1 is 0.600 bits per heavy atom. The molecule has 0 atom stereocenters. The largest absolute Gasteiger partial charge is 0.341 e. The lowest BCUT2D eigenvalue weighted by Gasteiger charge is -2.26. The van der Waals surface area contributed by atoms with Gasteiger partial charge in [-0.1, -0.05) is 53.6 Å². The van der Waals surface area contributed by atoms with Crippen LogP contribution >= 0.6 is 0 Å². The molecule has 2 nitrogen and oxygen atoms in total. The first-order valence-corrected chi connectivity index (χ1v) is 10.6. The zero-order valence-electron chi connectivity index (χ0n) is 17.8. The van der Waals surface area contributed by atoms with E-state index in [1.807, 2.05) is 0 Å². The van der Waals surface area contributed by atoms with Gasteiger partial charge in [0.2, 0.25) is 0 Å². The fraction of sp³-hybridized carbons (Fsp3) is 0.143. The maximum Gasteiger partial charge on any atom is 0.0492 e. The zero-order chi connectivity index (χ0) is 20.7. The Balaban J connectivity index is 1.75. The third-order valence-corrected chi connectivity index (χ3v) is 5.91. The number of para-hydroxylation sites is 1. The quantitative estimate of drug-likeness (QED) is 0.303. The Bertz CT molecular complexity index is 1280. The van der Waals surface area contributed by atoms with Crippen LogP contribution in [0.1, 0.15) is 18.1 Å². The topological polar surface area (TPSA) is 8.17 Å². The Hall–Kier alpha value is -3.52. The molecular formula is C28H26N2. The number of aromatic nitrogens is 1. The third-order valence-electron chi connectivity index (χ3n) is 5.91. The zero-order valence-corrected chi connectivity index (χ0v) is 17.8. The fourth-order valence-corrected chi connectivity index (χ4v) is 4.36. The number of fused-ring (bicyclic) bond motifs is 3. The van der Waals surface area contributed by atoms with E-state index in [1.54, 1.807) is 0 Å². The van der Waals surface area contributed by atoms with Gasteiger partial charge >= 0.3 is 0 Å². The Labute approximate surface area is 178 Å². The first kappa shape index (κ1) is 18.5. The lowest BCUT2D eigenvalue weighted by atomic mass is 10.1. The van der Waals surface area contributed by atoms with Crippen LogP contribution in [0.4, 0.5) is 17.1 Å². The van der Waals surface area contributed by atoms with Crippen molar-refractivity contribution in [3.05, 3.63) is 102 Å². The van der Waals surface area contributed by atoms with Crippen LogP contribution in [0.25, 0.3) is 21.8 Å². The number of rotatable bonds is 4. The molecule has 0 spiro atoms. The highest BCUT2D eigenvalue weighted by atomic mass is 15.1. The SMILES string of the molecule is CCn1c2ccccc2c2cc(N(c3ccc(C)cc3)c3ccc(C)cc3)ccc21. The van der Waals surface area contributed by atoms with E-state index in [-0.39, 0.29) is 0 Å². The van der Waals surface area contributed by atoms with Gasteiger partial charge in [-0.15, -0.1) is 0 Å². The van der Waals surface area contributed by atoms with E-state index in [9.17, 15) is 0 Å². The van der Waals surface area contributed by atoms with Gasteiger partial charge in [0, 0.05) is 45.4 Å². The van der Waals surface area contributed by atoms with Crippen molar-refractivity contribution in [2.75, 3.05) is 4.90 Å². The molecule has 0 amide bonds. The van der Waals surface area contributed by atoms with Crippen molar-refractivity contribution in [1.29, 1.82) is 0 Å². The number of hydrogen-bond donors (Lipinski definition) is 0. The number of anilines is 3. The van der Waals surface area contributed by atoms with Crippen LogP contribution < -0.4 is 4.90 Å². The smallest absolute Gasteiger partial charge is 0.0492 e. The molecule has 0 saturated heterocycles. The molecule has 2 heteroatoms. The summed E-state index contributed by atoms with van der Waals surface area (Å²) in [4.78, 5) is 2.34. The molecule has 0 unspecified atom stereocenters. The van der Waals surface area contributed by atoms with Crippen LogP contribution in [0.5, 0.6) is 0 Å². The van der Waals surface area contributed by atoms with E-state index in [2.05, 4.69) is 121 Å². The predicted molar refractivity (Wildman–Crippen MR) is 129 cm³/mol. The van der Waals surface area contributed by atoms with E-state index in [4.69, 9.17) is 0 Å². The standard InChI is InChI=1S/C28H26N2/c1-4-29-27-8-6-5-7-25(27)26-19-24(17-18-28(26)29)30(22-13-9-20(2)10-14-22)23-15-11-21(3)12-16-23/h5-19H,4H2,1-3H3. The summed E-state index contributed by atoms with van der Waals surface area (Å²) in [5.41, 5.74) is 8.63. The summed E-state index contributed by atoms with van der Waals surface area (Å²) in [6, 6.07) is 33.1. The highest BCUT2D eigenvalue weighted by Gasteiger charge is 2.15. The summed E-state index contributed by atoms with van der Waals surface area (Å²) in [7, 11) is 0. The summed E-state index contributed by atoms with van der Waals surface area (Å²) in [5, 5.41) is 2.61. The Kier molecular flexibility index (Phi) is 4.55. The summed E-state index contributed by atoms with van der Waals surface area (Å²) in [5.74, 6) is 0. The highest BCUT2D eigenvalue weighted by molar-refractivity contribution is 6.09. The van der Waals surface area contributed by atoms with E-state index in [0.717, 1.165) is 6.54 Å². The average Bonchev–Trinajstić information content (AvgIpc) is 3.10. The molecule has 0 aliphatic carbocycles. The molecule has 0 saturated carbocycles. The first-order valence-electron chi connectivity index (χ1n) is 10.6. The number of benzene rings is 4. The molecule has 1 heterocycles. The minimum Gasteiger partial charge on any atom is -0.341 e. The molecule has 0 radical (unpaired) electrons. The molecule has 1 aromatic heterocycles. The van der Waals surface area contributed by atoms with Gasteiger partial charge in [-0.2, -0.15) is 0 Å². The molecule has 148 valence electrons. The van der Waals surface area contributed by atoms with Gasteiger partial charge in [0.15, 0.2) is 0 Å². The second-order valence-corrected chi connectivity index (χ2v) is 7.97. The lowest BCUT2D eigenvalue weighted by Crippen LogP contribution is -2.10. The van der Waals surface area contributed by atoms with Crippen LogP contribution in [0.3, 0.4) is 0 Å². The number of hydrogen-bond acceptors (Lipinski definition) is 1. The van der Waals surface area contributed by atoms with Gasteiger partial charge in [-0.25, -0.2) is 0 Å². The Morgan fingerprint density at radius 3 is 1.73 bits per heavy atom. The van der Waals surface area contributed by atoms with Gasteiger partial charge in [-0.05, 0) is 69.3 Å². The summed E-state index contributed by atoms with van der Waals surface area (Å²) in [6.07, 6.45) is 0. The monoisotopic (exact) mass is 390 g/mol. The molecule has 0 fully saturated rings. The molecule has 5 aromatic rings. The average molecular weight is 391 g/mol. The highest BCUT2D eigenvalue weighted by Crippen LogP contribution is 2.38. The molecule has 4 aromatic carbocycles. The van der Waals surface area contributed by atoms with Crippen molar-refractivity contribution in [1.82, 2.24) is 4.57 Å². The van der Waals surface area contributed by atoms with Crippen LogP contribution in [0.2, 0.25) is 0 Å². The predicted octanol–water partition coefficient (Wildman–Crippen LogP) is 7.90. The summed E-state index contributed by atoms with van der Waals surface area (Å²) in [6.45, 7) is 7.44. The number of aryl methyl sites for hydroxylation is 3. The van der Waals surface area contributed by atoms with Crippen LogP contribution in [-0.2, 0) is 6.54 Å². The lowest BCUT2D eigenvalue weighted by molar-refractivity contribution is 0.827. The summed E-state index contributed by atoms with van der Waals surface area (Å²) < 4.78 is 2.40. The van der Waals surface area contributed by atoms with E-state index >= 15 is 0 Å². The van der Waals surface area contributed by atoms with Crippen molar-refractivity contribution in [2.45, 2.75) is 27.3 Å². The first-order chi connectivity index (χ1) is 14.7. The molecule has 30 heavy (non-hydrogen) atoms. The van der Waals surface area contributed by atoms with Gasteiger partial charge < -0.3 is 9.47 Å². The molecule has 0 aliphatic heterocycles. The van der Waals surface area contributed by atoms with Crippen molar-refractivity contribution < 1.29 is 0 Å². The molecule has 0 bridgehead atoms. The molecule has 0 aliphatic rings. The van der Waals surface area contributed by atoms with E-state index in [0.29, 0.717) is 0 Å². The second kappa shape index (κ2) is 7.38. The van der Waals surface area contributed by atoms with Crippen molar-refractivity contribution in [3.8, 4) is 0 Å². The van der Waals surface area contributed by atoms with Crippen LogP contribution in [0, 0.1) is 13.8 Å². The van der Waals surface area contributed by atoms with Crippen molar-refractivity contribution in [3.63, 3.8) is 0 Å². The van der Waals surface area contributed by atoms with Gasteiger partial charge in [0.05, 0.1) is 0 Å². The van der Waals surface area contributed by atoms with E-state index < -0.39 is 0 Å². The third kappa shape index (κ3) is 3.05. The minimum atomic E-state index is 0.961. The second-order valence-electron chi connectivity index (χ2n) is 7.97. The maximum atomic E-state index is 2.40. The van der Waals surface area contributed by atoms with Crippen LogP contribution in [-0.4, -0.2) is 4.57 Å². The summed E-state index contributed by atoms with van der Waals surface area (Å²) >= 11 is 0. The van der Waals surface area contributed by atoms with Gasteiger partial charge in [0.1, 0.15) is 0 Å². The van der Waals surface area contributed by atoms with Gasteiger partial charge in [0.25, 0.3) is 0 Å². The fourth-order valence-electron chi connectivity index (χ4n) is 4.36. The normalized spacial score (nSPS) is 11.3. The van der Waals surface area contributed by atoms with Crippen LogP contribution in [0.15, 0.2) is 91.0 Å². The minimum absolute atomic E-state index is 0.961. The van der Waals surface area contributed by atoms with Crippen molar-refractivity contribution in [2.24, 2.45) is 0 Å². The maximum absolute atomic E-state index is 2.40. The molecular weight excluding hydrogens is 364 g/mol. The van der Waals surface area contributed by atoms with Gasteiger partial charge in [-0.3, -0.25) is 0 Å². The van der Waals surface area contributed by atoms with E-state index in [1.165, 1.54) is 50.0 Å². The Morgan fingerprint density at radius 2 is 1.13 bits per heavy atom.